The van der Waals surface area contributed by atoms with Gasteiger partial charge in [0, 0.05) is 16.3 Å². The van der Waals surface area contributed by atoms with E-state index in [0.29, 0.717) is 29.5 Å². The second-order valence-corrected chi connectivity index (χ2v) is 5.91. The molecule has 0 aliphatic carbocycles. The highest BCUT2D eigenvalue weighted by molar-refractivity contribution is 9.09. The van der Waals surface area contributed by atoms with Crippen molar-refractivity contribution in [1.82, 2.24) is 0 Å². The molecule has 0 saturated heterocycles. The van der Waals surface area contributed by atoms with Crippen molar-refractivity contribution in [3.8, 4) is 5.75 Å². The van der Waals surface area contributed by atoms with Gasteiger partial charge in [-0.3, -0.25) is 4.79 Å². The molecule has 0 aromatic heterocycles. The number of carbonyl (C=O) groups excluding carboxylic acids is 1. The van der Waals surface area contributed by atoms with Crippen molar-refractivity contribution in [1.29, 1.82) is 0 Å². The Morgan fingerprint density at radius 3 is 2.26 bits per heavy atom. The van der Waals surface area contributed by atoms with E-state index in [1.54, 1.807) is 24.3 Å². The Bertz CT molecular complexity index is 408. The predicted octanol–water partition coefficient (Wildman–Crippen LogP) is 5.05. The summed E-state index contributed by atoms with van der Waals surface area (Å²) >= 11 is 15.1. The van der Waals surface area contributed by atoms with Gasteiger partial charge in [-0.15, -0.1) is 11.6 Å². The molecule has 0 amide bonds. The summed E-state index contributed by atoms with van der Waals surface area (Å²) in [6, 6.07) is 6.89. The lowest BCUT2D eigenvalue weighted by Gasteiger charge is -2.29. The number of carbonyl (C=O) groups is 1. The number of ether oxygens (including phenoxy) is 1. The van der Waals surface area contributed by atoms with Crippen molar-refractivity contribution in [3.05, 3.63) is 29.3 Å². The zero-order chi connectivity index (χ0) is 14.5. The molecule has 0 aliphatic rings. The Balaban J connectivity index is 2.79. The predicted molar refractivity (Wildman–Crippen MR) is 83.5 cm³/mol. The first-order valence-corrected chi connectivity index (χ1v) is 7.98. The van der Waals surface area contributed by atoms with Gasteiger partial charge in [0.25, 0.3) is 0 Å². The van der Waals surface area contributed by atoms with E-state index in [1.807, 2.05) is 13.8 Å². The van der Waals surface area contributed by atoms with Crippen LogP contribution < -0.4 is 4.74 Å². The van der Waals surface area contributed by atoms with Gasteiger partial charge in [-0.1, -0.05) is 25.4 Å². The second kappa shape index (κ2) is 7.51. The van der Waals surface area contributed by atoms with Gasteiger partial charge in [-0.25, -0.2) is 0 Å². The molecule has 1 unspecified atom stereocenters. The summed E-state index contributed by atoms with van der Waals surface area (Å²) in [4.78, 5) is 12.4. The summed E-state index contributed by atoms with van der Waals surface area (Å²) in [6.07, 6.45) is 1.38. The molecule has 0 fully saturated rings. The standard InChI is InChI=1S/C14H17BrCl2O2/c1-3-14(4-2,9-16)12(18)13(15)19-11-7-5-10(17)6-8-11/h5-8,13H,3-4,9H2,1-2H3. The maximum atomic E-state index is 12.4. The molecule has 1 aromatic carbocycles. The minimum Gasteiger partial charge on any atom is -0.471 e. The summed E-state index contributed by atoms with van der Waals surface area (Å²) in [5.41, 5.74) is -0.540. The van der Waals surface area contributed by atoms with Crippen LogP contribution in [0.15, 0.2) is 24.3 Å². The Labute approximate surface area is 132 Å². The summed E-state index contributed by atoms with van der Waals surface area (Å²) in [5, 5.41) is -0.0747. The molecule has 0 heterocycles. The van der Waals surface area contributed by atoms with E-state index in [2.05, 4.69) is 15.9 Å². The topological polar surface area (TPSA) is 26.3 Å². The number of Topliss-reactive ketones (excluding diaryl/α,β-unsaturated/α-hetero) is 1. The second-order valence-electron chi connectivity index (χ2n) is 4.37. The Morgan fingerprint density at radius 2 is 1.84 bits per heavy atom. The van der Waals surface area contributed by atoms with Gasteiger partial charge in [0.05, 0.1) is 0 Å². The van der Waals surface area contributed by atoms with Crippen molar-refractivity contribution < 1.29 is 9.53 Å². The van der Waals surface area contributed by atoms with Crippen LogP contribution in [0.5, 0.6) is 5.75 Å². The third kappa shape index (κ3) is 4.11. The fraction of sp³-hybridized carbons (Fsp3) is 0.500. The Morgan fingerprint density at radius 1 is 1.32 bits per heavy atom. The van der Waals surface area contributed by atoms with Crippen LogP contribution in [0, 0.1) is 5.41 Å². The van der Waals surface area contributed by atoms with Crippen molar-refractivity contribution >= 4 is 44.9 Å². The highest BCUT2D eigenvalue weighted by Crippen LogP contribution is 2.33. The average Bonchev–Trinajstić information content (AvgIpc) is 2.43. The number of hydrogen-bond donors (Lipinski definition) is 0. The molecule has 19 heavy (non-hydrogen) atoms. The fourth-order valence-corrected chi connectivity index (χ4v) is 3.12. The number of halogens is 3. The molecule has 0 bridgehead atoms. The van der Waals surface area contributed by atoms with E-state index in [4.69, 9.17) is 27.9 Å². The zero-order valence-corrected chi connectivity index (χ0v) is 14.1. The van der Waals surface area contributed by atoms with Gasteiger partial charge in [0.2, 0.25) is 5.01 Å². The monoisotopic (exact) mass is 366 g/mol. The minimum absolute atomic E-state index is 0.0255. The van der Waals surface area contributed by atoms with Crippen LogP contribution in [-0.2, 0) is 4.79 Å². The lowest BCUT2D eigenvalue weighted by Crippen LogP contribution is -2.39. The summed E-state index contributed by atoms with van der Waals surface area (Å²) in [7, 11) is 0. The highest BCUT2D eigenvalue weighted by atomic mass is 79.9. The molecular formula is C14H17BrCl2O2. The first kappa shape index (κ1) is 16.8. The molecule has 0 radical (unpaired) electrons. The first-order chi connectivity index (χ1) is 8.99. The maximum Gasteiger partial charge on any atom is 0.211 e. The van der Waals surface area contributed by atoms with Crippen molar-refractivity contribution in [2.24, 2.45) is 5.41 Å². The maximum absolute atomic E-state index is 12.4. The smallest absolute Gasteiger partial charge is 0.211 e. The van der Waals surface area contributed by atoms with Gasteiger partial charge >= 0.3 is 0 Å². The van der Waals surface area contributed by atoms with Gasteiger partial charge < -0.3 is 4.74 Å². The summed E-state index contributed by atoms with van der Waals surface area (Å²) < 4.78 is 5.59. The number of benzene rings is 1. The number of ketones is 1. The molecule has 0 aliphatic heterocycles. The SMILES string of the molecule is CCC(CC)(CCl)C(=O)C(Br)Oc1ccc(Cl)cc1. The number of hydrogen-bond acceptors (Lipinski definition) is 2. The molecule has 1 aromatic rings. The molecule has 1 atom stereocenters. The Kier molecular flexibility index (Phi) is 6.64. The normalized spacial score (nSPS) is 13.1. The highest BCUT2D eigenvalue weighted by Gasteiger charge is 2.38. The lowest BCUT2D eigenvalue weighted by molar-refractivity contribution is -0.131. The van der Waals surface area contributed by atoms with Crippen molar-refractivity contribution in [2.75, 3.05) is 5.88 Å². The van der Waals surface area contributed by atoms with Gasteiger partial charge in [-0.2, -0.15) is 0 Å². The van der Waals surface area contributed by atoms with E-state index >= 15 is 0 Å². The van der Waals surface area contributed by atoms with Gasteiger partial charge in [0.15, 0.2) is 5.78 Å². The molecule has 5 heteroatoms. The van der Waals surface area contributed by atoms with E-state index in [9.17, 15) is 4.79 Å². The van der Waals surface area contributed by atoms with E-state index < -0.39 is 10.4 Å². The molecule has 0 N–H and O–H groups in total. The van der Waals surface area contributed by atoms with Gasteiger partial charge in [-0.05, 0) is 53.0 Å². The van der Waals surface area contributed by atoms with Crippen molar-refractivity contribution in [2.45, 2.75) is 31.7 Å². The Hall–Kier alpha value is -0.250. The minimum atomic E-state index is -0.702. The van der Waals surface area contributed by atoms with Crippen LogP contribution >= 0.6 is 39.1 Å². The third-order valence-electron chi connectivity index (χ3n) is 3.39. The summed E-state index contributed by atoms with van der Waals surface area (Å²) in [5.74, 6) is 0.864. The molecule has 106 valence electrons. The molecular weight excluding hydrogens is 351 g/mol. The van der Waals surface area contributed by atoms with Crippen molar-refractivity contribution in [3.63, 3.8) is 0 Å². The quantitative estimate of drug-likeness (QED) is 0.630. The van der Waals surface area contributed by atoms with Gasteiger partial charge in [0.1, 0.15) is 5.75 Å². The average molecular weight is 368 g/mol. The van der Waals surface area contributed by atoms with Crippen LogP contribution in [0.1, 0.15) is 26.7 Å². The van der Waals surface area contributed by atoms with Crippen LogP contribution in [0.3, 0.4) is 0 Å². The molecule has 2 nitrogen and oxygen atoms in total. The molecule has 0 saturated carbocycles. The van der Waals surface area contributed by atoms with Crippen LogP contribution in [0.2, 0.25) is 5.02 Å². The van der Waals surface area contributed by atoms with Crippen LogP contribution in [0.25, 0.3) is 0 Å². The first-order valence-electron chi connectivity index (χ1n) is 6.15. The van der Waals surface area contributed by atoms with E-state index in [1.165, 1.54) is 0 Å². The molecule has 1 rings (SSSR count). The van der Waals surface area contributed by atoms with E-state index in [-0.39, 0.29) is 5.78 Å². The fourth-order valence-electron chi connectivity index (χ4n) is 1.78. The van der Waals surface area contributed by atoms with Crippen LogP contribution in [-0.4, -0.2) is 16.7 Å². The number of alkyl halides is 2. The largest absolute Gasteiger partial charge is 0.471 e. The number of rotatable bonds is 7. The van der Waals surface area contributed by atoms with E-state index in [0.717, 1.165) is 0 Å². The molecule has 0 spiro atoms. The lowest BCUT2D eigenvalue weighted by atomic mass is 9.80. The van der Waals surface area contributed by atoms with Crippen LogP contribution in [0.4, 0.5) is 0 Å². The summed E-state index contributed by atoms with van der Waals surface area (Å²) in [6.45, 7) is 3.93. The zero-order valence-electron chi connectivity index (χ0n) is 11.0. The third-order valence-corrected chi connectivity index (χ3v) is 4.76.